The molecule has 0 radical (unpaired) electrons. The first-order valence-corrected chi connectivity index (χ1v) is 8.75. The summed E-state index contributed by atoms with van der Waals surface area (Å²) in [4.78, 5) is 13.4. The van der Waals surface area contributed by atoms with Crippen molar-refractivity contribution >= 4 is 33.0 Å². The molecule has 0 spiro atoms. The number of carbonyl (C=O) groups excluding carboxylic acids is 1. The lowest BCUT2D eigenvalue weighted by Crippen LogP contribution is -2.38. The molecule has 1 aliphatic rings. The molecule has 2 aromatic carbocycles. The molecule has 5 heteroatoms. The molecule has 0 saturated heterocycles. The van der Waals surface area contributed by atoms with Crippen LogP contribution in [0.15, 0.2) is 48.5 Å². The number of amides is 1. The molecule has 24 heavy (non-hydrogen) atoms. The average Bonchev–Trinajstić information content (AvgIpc) is 2.90. The Kier molecular flexibility index (Phi) is 3.86. The lowest BCUT2D eigenvalue weighted by atomic mass is 10.1. The molecule has 0 fully saturated rings. The fraction of sp³-hybridized carbons (Fsp3) is 0.211. The third-order valence-corrected chi connectivity index (χ3v) is 5.46. The maximum absolute atomic E-state index is 12.7. The number of hydrogen-bond acceptors (Lipinski definition) is 4. The van der Waals surface area contributed by atoms with Crippen molar-refractivity contribution in [3.8, 4) is 5.75 Å². The molecular formula is C19H18N2O2S. The standard InChI is InChI=1S/C19H18N2O2S/c1-23-14-7-8-16-15(10-14)17-18(24-16)19(22)21-13(11-20-17)9-12-5-3-2-4-6-12/h2-8,10,13,20H,9,11H2,1H3,(H,21,22)/t13-/m1/s1. The second-order valence-corrected chi connectivity index (χ2v) is 6.96. The van der Waals surface area contributed by atoms with Crippen molar-refractivity contribution in [1.82, 2.24) is 5.32 Å². The Morgan fingerprint density at radius 3 is 2.83 bits per heavy atom. The molecule has 122 valence electrons. The highest BCUT2D eigenvalue weighted by Gasteiger charge is 2.25. The summed E-state index contributed by atoms with van der Waals surface area (Å²) < 4.78 is 6.41. The summed E-state index contributed by atoms with van der Waals surface area (Å²) in [6, 6.07) is 16.2. The minimum absolute atomic E-state index is 0.00361. The van der Waals surface area contributed by atoms with Crippen molar-refractivity contribution in [1.29, 1.82) is 0 Å². The SMILES string of the molecule is COc1ccc2sc3c(c2c1)NC[C@@H](Cc1ccccc1)NC3=O. The van der Waals surface area contributed by atoms with Crippen LogP contribution in [0.5, 0.6) is 5.75 Å². The van der Waals surface area contributed by atoms with E-state index < -0.39 is 0 Å². The summed E-state index contributed by atoms with van der Waals surface area (Å²) in [7, 11) is 1.65. The number of anilines is 1. The van der Waals surface area contributed by atoms with Crippen LogP contribution in [0, 0.1) is 0 Å². The van der Waals surface area contributed by atoms with Gasteiger partial charge in [-0.25, -0.2) is 0 Å². The van der Waals surface area contributed by atoms with Crippen LogP contribution < -0.4 is 15.4 Å². The van der Waals surface area contributed by atoms with Crippen LogP contribution in [0.1, 0.15) is 15.2 Å². The largest absolute Gasteiger partial charge is 0.497 e. The highest BCUT2D eigenvalue weighted by molar-refractivity contribution is 7.21. The second kappa shape index (κ2) is 6.17. The van der Waals surface area contributed by atoms with E-state index in [0.717, 1.165) is 32.8 Å². The third-order valence-electron chi connectivity index (χ3n) is 4.29. The summed E-state index contributed by atoms with van der Waals surface area (Å²) in [6.07, 6.45) is 0.815. The van der Waals surface area contributed by atoms with E-state index in [4.69, 9.17) is 4.74 Å². The third kappa shape index (κ3) is 2.71. The topological polar surface area (TPSA) is 50.4 Å². The van der Waals surface area contributed by atoms with Gasteiger partial charge in [0.25, 0.3) is 5.91 Å². The molecule has 1 amide bonds. The zero-order valence-corrected chi connectivity index (χ0v) is 14.2. The summed E-state index contributed by atoms with van der Waals surface area (Å²) in [6.45, 7) is 0.705. The van der Waals surface area contributed by atoms with Gasteiger partial charge in [-0.05, 0) is 30.2 Å². The summed E-state index contributed by atoms with van der Waals surface area (Å²) in [5.41, 5.74) is 2.14. The Balaban J connectivity index is 1.64. The highest BCUT2D eigenvalue weighted by Crippen LogP contribution is 2.38. The number of benzene rings is 2. The molecule has 4 rings (SSSR count). The van der Waals surface area contributed by atoms with Crippen LogP contribution >= 0.6 is 11.3 Å². The van der Waals surface area contributed by atoms with Gasteiger partial charge in [0.1, 0.15) is 10.6 Å². The molecule has 3 aromatic rings. The van der Waals surface area contributed by atoms with Crippen molar-refractivity contribution in [2.24, 2.45) is 0 Å². The van der Waals surface area contributed by atoms with Gasteiger partial charge in [0, 0.05) is 16.6 Å². The lowest BCUT2D eigenvalue weighted by Gasteiger charge is -2.16. The normalized spacial score (nSPS) is 16.9. The van der Waals surface area contributed by atoms with Crippen molar-refractivity contribution in [2.75, 3.05) is 19.0 Å². The second-order valence-electron chi connectivity index (χ2n) is 5.91. The Morgan fingerprint density at radius 1 is 1.21 bits per heavy atom. The average molecular weight is 338 g/mol. The number of nitrogens with one attached hydrogen (secondary N) is 2. The molecule has 2 heterocycles. The number of methoxy groups -OCH3 is 1. The first kappa shape index (κ1) is 15.0. The van der Waals surface area contributed by atoms with Crippen molar-refractivity contribution < 1.29 is 9.53 Å². The van der Waals surface area contributed by atoms with Gasteiger partial charge in [-0.15, -0.1) is 11.3 Å². The van der Waals surface area contributed by atoms with Crippen LogP contribution in [0.25, 0.3) is 10.1 Å². The molecular weight excluding hydrogens is 320 g/mol. The summed E-state index contributed by atoms with van der Waals surface area (Å²) in [5, 5.41) is 7.67. The van der Waals surface area contributed by atoms with Gasteiger partial charge >= 0.3 is 0 Å². The predicted molar refractivity (Wildman–Crippen MR) is 98.3 cm³/mol. The van der Waals surface area contributed by atoms with Crippen LogP contribution in [-0.2, 0) is 6.42 Å². The van der Waals surface area contributed by atoms with Crippen LogP contribution in [-0.4, -0.2) is 25.6 Å². The molecule has 1 aromatic heterocycles. The fourth-order valence-corrected chi connectivity index (χ4v) is 4.15. The fourth-order valence-electron chi connectivity index (χ4n) is 3.09. The number of ether oxygens (including phenoxy) is 1. The van der Waals surface area contributed by atoms with E-state index in [1.807, 2.05) is 36.4 Å². The van der Waals surface area contributed by atoms with Crippen LogP contribution in [0.4, 0.5) is 5.69 Å². The monoisotopic (exact) mass is 338 g/mol. The molecule has 2 N–H and O–H groups in total. The number of hydrogen-bond donors (Lipinski definition) is 2. The van der Waals surface area contributed by atoms with E-state index in [0.29, 0.717) is 6.54 Å². The zero-order valence-electron chi connectivity index (χ0n) is 13.3. The molecule has 4 nitrogen and oxygen atoms in total. The first-order chi connectivity index (χ1) is 11.7. The number of rotatable bonds is 3. The number of carbonyl (C=O) groups is 1. The van der Waals surface area contributed by atoms with Crippen molar-refractivity contribution in [3.05, 3.63) is 59.0 Å². The van der Waals surface area contributed by atoms with Gasteiger partial charge in [-0.2, -0.15) is 0 Å². The highest BCUT2D eigenvalue weighted by atomic mass is 32.1. The summed E-state index contributed by atoms with van der Waals surface area (Å²) in [5.74, 6) is 0.798. The van der Waals surface area contributed by atoms with Gasteiger partial charge in [0.2, 0.25) is 0 Å². The molecule has 0 aliphatic carbocycles. The van der Waals surface area contributed by atoms with E-state index in [1.54, 1.807) is 7.11 Å². The van der Waals surface area contributed by atoms with Crippen molar-refractivity contribution in [3.63, 3.8) is 0 Å². The maximum atomic E-state index is 12.7. The van der Waals surface area contributed by atoms with E-state index >= 15 is 0 Å². The minimum atomic E-state index is -0.00361. The molecule has 1 aliphatic heterocycles. The number of thiophene rings is 1. The van der Waals surface area contributed by atoms with Crippen LogP contribution in [0.2, 0.25) is 0 Å². The molecule has 1 atom stereocenters. The zero-order chi connectivity index (χ0) is 16.5. The van der Waals surface area contributed by atoms with E-state index in [-0.39, 0.29) is 11.9 Å². The Labute approximate surface area is 144 Å². The van der Waals surface area contributed by atoms with Gasteiger partial charge in [-0.3, -0.25) is 4.79 Å². The summed E-state index contributed by atoms with van der Waals surface area (Å²) >= 11 is 1.52. The van der Waals surface area contributed by atoms with Gasteiger partial charge < -0.3 is 15.4 Å². The number of fused-ring (bicyclic) bond motifs is 3. The lowest BCUT2D eigenvalue weighted by molar-refractivity contribution is 0.0946. The molecule has 0 saturated carbocycles. The van der Waals surface area contributed by atoms with Gasteiger partial charge in [-0.1, -0.05) is 30.3 Å². The Hall–Kier alpha value is -2.53. The van der Waals surface area contributed by atoms with Gasteiger partial charge in [0.15, 0.2) is 0 Å². The molecule has 0 bridgehead atoms. The first-order valence-electron chi connectivity index (χ1n) is 7.94. The smallest absolute Gasteiger partial charge is 0.263 e. The predicted octanol–water partition coefficient (Wildman–Crippen LogP) is 3.68. The Bertz CT molecular complexity index is 889. The van der Waals surface area contributed by atoms with E-state index in [1.165, 1.54) is 16.9 Å². The minimum Gasteiger partial charge on any atom is -0.497 e. The van der Waals surface area contributed by atoms with Crippen LogP contribution in [0.3, 0.4) is 0 Å². The quantitative estimate of drug-likeness (QED) is 0.766. The van der Waals surface area contributed by atoms with Crippen molar-refractivity contribution in [2.45, 2.75) is 12.5 Å². The van der Waals surface area contributed by atoms with Gasteiger partial charge in [0.05, 0.1) is 18.8 Å². The molecule has 0 unspecified atom stereocenters. The van der Waals surface area contributed by atoms with E-state index in [9.17, 15) is 4.79 Å². The van der Waals surface area contributed by atoms with E-state index in [2.05, 4.69) is 22.8 Å². The maximum Gasteiger partial charge on any atom is 0.263 e. The Morgan fingerprint density at radius 2 is 2.04 bits per heavy atom.